The van der Waals surface area contributed by atoms with Gasteiger partial charge in [-0.1, -0.05) is 65.0 Å². The number of aliphatic hydroxyl groups is 1. The largest absolute Gasteiger partial charge is 0.383 e. The van der Waals surface area contributed by atoms with Gasteiger partial charge in [-0.3, -0.25) is 24.1 Å². The molecule has 1 aromatic heterocycles. The molecular formula is C59H88F2N12O6. The lowest BCUT2D eigenvalue weighted by atomic mass is 9.82. The van der Waals surface area contributed by atoms with Crippen molar-refractivity contribution in [1.82, 2.24) is 45.9 Å². The SMILES string of the molecule is CC(C)C[C@H](NC(=O)[C@@H](O)[C@H](C)Cc1ccccc1)C(=O)NCCOCCN1C[C@@H]2CN(CCC(=O)NCCCNc3cc(N4CCC5(CC4)CN(c4cc(F)c(CN6CCC(C)(C)CC6)cc4F)CC(=O)N5)ncn3)C[C@@H]2C1. The van der Waals surface area contributed by atoms with E-state index >= 15 is 8.78 Å². The Labute approximate surface area is 466 Å². The van der Waals surface area contributed by atoms with Crippen molar-refractivity contribution in [3.63, 3.8) is 0 Å². The smallest absolute Gasteiger partial charge is 0.249 e. The third-order valence-corrected chi connectivity index (χ3v) is 16.9. The number of piperidine rings is 2. The molecule has 79 heavy (non-hydrogen) atoms. The summed E-state index contributed by atoms with van der Waals surface area (Å²) in [6.45, 7) is 21.9. The maximum atomic E-state index is 15.7. The van der Waals surface area contributed by atoms with Gasteiger partial charge in [-0.25, -0.2) is 18.7 Å². The summed E-state index contributed by atoms with van der Waals surface area (Å²) >= 11 is 0. The monoisotopic (exact) mass is 1100 g/mol. The number of fused-ring (bicyclic) bond motifs is 1. The summed E-state index contributed by atoms with van der Waals surface area (Å²) in [5.41, 5.74) is 1.20. The van der Waals surface area contributed by atoms with Gasteiger partial charge < -0.3 is 56.0 Å². The maximum absolute atomic E-state index is 15.7. The van der Waals surface area contributed by atoms with Crippen LogP contribution in [0.5, 0.6) is 0 Å². The average molecular weight is 1100 g/mol. The number of halogens is 2. The van der Waals surface area contributed by atoms with Crippen LogP contribution in [0.1, 0.15) is 90.7 Å². The number of rotatable bonds is 26. The molecule has 20 heteroatoms. The van der Waals surface area contributed by atoms with Crippen LogP contribution in [0.2, 0.25) is 0 Å². The van der Waals surface area contributed by atoms with Crippen molar-refractivity contribution >= 4 is 41.0 Å². The molecule has 5 fully saturated rings. The van der Waals surface area contributed by atoms with Crippen molar-refractivity contribution in [2.45, 2.75) is 110 Å². The first-order valence-corrected chi connectivity index (χ1v) is 29.1. The second-order valence-corrected chi connectivity index (χ2v) is 24.4. The number of ether oxygens (including phenoxy) is 1. The molecule has 6 N–H and O–H groups in total. The number of hydrogen-bond donors (Lipinski definition) is 6. The van der Waals surface area contributed by atoms with E-state index < -0.39 is 35.2 Å². The summed E-state index contributed by atoms with van der Waals surface area (Å²) in [6, 6.07) is 13.5. The van der Waals surface area contributed by atoms with Gasteiger partial charge in [-0.05, 0) is 98.8 Å². The van der Waals surface area contributed by atoms with E-state index in [0.717, 1.165) is 83.0 Å². The first-order chi connectivity index (χ1) is 37.9. The Morgan fingerprint density at radius 1 is 0.810 bits per heavy atom. The van der Waals surface area contributed by atoms with E-state index in [1.807, 2.05) is 57.2 Å². The molecule has 3 aromatic rings. The van der Waals surface area contributed by atoms with Crippen molar-refractivity contribution in [3.05, 3.63) is 77.6 Å². The topological polar surface area (TPSA) is 200 Å². The molecule has 1 spiro atoms. The molecule has 0 saturated carbocycles. The summed E-state index contributed by atoms with van der Waals surface area (Å²) in [5, 5.41) is 26.1. The molecular weight excluding hydrogens is 1010 g/mol. The molecule has 5 aliphatic heterocycles. The second kappa shape index (κ2) is 27.8. The second-order valence-electron chi connectivity index (χ2n) is 24.4. The van der Waals surface area contributed by atoms with Crippen LogP contribution in [-0.4, -0.2) is 182 Å². The van der Waals surface area contributed by atoms with E-state index in [2.05, 4.69) is 70.0 Å². The number of aliphatic hydroxyl groups excluding tert-OH is 1. The van der Waals surface area contributed by atoms with Gasteiger partial charge in [0.2, 0.25) is 23.6 Å². The van der Waals surface area contributed by atoms with E-state index in [4.69, 9.17) is 4.74 Å². The summed E-state index contributed by atoms with van der Waals surface area (Å²) in [6.07, 6.45) is 5.76. The Bertz CT molecular complexity index is 2480. The number of nitrogens with zero attached hydrogens (tertiary/aromatic N) is 7. The molecule has 6 heterocycles. The zero-order valence-electron chi connectivity index (χ0n) is 47.4. The molecule has 0 radical (unpaired) electrons. The van der Waals surface area contributed by atoms with Crippen molar-refractivity contribution < 1.29 is 37.8 Å². The standard InChI is InChI=1S/C59H88F2N12O6/c1-41(2)28-49(67-57(78)55(76)42(3)29-43-10-7-6-8-11-43)56(77)64-19-26-79-27-25-71-36-45-34-70(35-46(45)37-71)20-12-53(74)63-18-9-17-62-51-32-52(66-40-65-51)72-23-15-59(16-24-72)39-73(38-54(75)68-59)50-31-47(60)44(30-48(50)61)33-69-21-13-58(4,5)14-22-69/h6-8,10-11,30-32,40-42,45-46,49,55,76H,9,12-29,33-39H2,1-5H3,(H,63,74)(H,64,77)(H,67,78)(H,68,75)(H,62,65,66)/t42-,45-,46+,49+,55+/m1/s1. The fourth-order valence-electron chi connectivity index (χ4n) is 12.1. The summed E-state index contributed by atoms with van der Waals surface area (Å²) in [7, 11) is 0. The summed E-state index contributed by atoms with van der Waals surface area (Å²) in [4.78, 5) is 71.8. The van der Waals surface area contributed by atoms with Crippen LogP contribution in [0.3, 0.4) is 0 Å². The molecule has 18 nitrogen and oxygen atoms in total. The number of hydrogen-bond acceptors (Lipinski definition) is 14. The Hall–Kier alpha value is -5.54. The van der Waals surface area contributed by atoms with E-state index in [-0.39, 0.29) is 47.2 Å². The van der Waals surface area contributed by atoms with Gasteiger partial charge in [-0.15, -0.1) is 0 Å². The van der Waals surface area contributed by atoms with E-state index in [1.54, 1.807) is 4.90 Å². The minimum Gasteiger partial charge on any atom is -0.383 e. The van der Waals surface area contributed by atoms with Gasteiger partial charge in [0.25, 0.3) is 0 Å². The van der Waals surface area contributed by atoms with Crippen LogP contribution in [0.15, 0.2) is 54.9 Å². The normalized spacial score (nSPS) is 21.6. The van der Waals surface area contributed by atoms with Gasteiger partial charge in [0, 0.05) is 109 Å². The third-order valence-electron chi connectivity index (χ3n) is 16.9. The Kier molecular flexibility index (Phi) is 20.9. The maximum Gasteiger partial charge on any atom is 0.249 e. The molecule has 8 rings (SSSR count). The molecule has 0 aliphatic carbocycles. The predicted octanol–water partition coefficient (Wildman–Crippen LogP) is 4.43. The lowest BCUT2D eigenvalue weighted by molar-refractivity contribution is -0.136. The van der Waals surface area contributed by atoms with Crippen molar-refractivity contribution in [3.8, 4) is 0 Å². The zero-order valence-corrected chi connectivity index (χ0v) is 47.4. The molecule has 0 bridgehead atoms. The van der Waals surface area contributed by atoms with Crippen molar-refractivity contribution in [1.29, 1.82) is 0 Å². The Morgan fingerprint density at radius 3 is 2.23 bits per heavy atom. The first-order valence-electron chi connectivity index (χ1n) is 29.1. The van der Waals surface area contributed by atoms with Crippen LogP contribution in [0.4, 0.5) is 26.1 Å². The molecule has 5 aliphatic rings. The highest BCUT2D eigenvalue weighted by Crippen LogP contribution is 2.35. The lowest BCUT2D eigenvalue weighted by Gasteiger charge is -2.48. The number of piperazine rings is 1. The highest BCUT2D eigenvalue weighted by Gasteiger charge is 2.43. The minimum absolute atomic E-state index is 0.0306. The number of carbonyl (C=O) groups excluding carboxylic acids is 4. The van der Waals surface area contributed by atoms with Gasteiger partial charge in [0.15, 0.2) is 0 Å². The summed E-state index contributed by atoms with van der Waals surface area (Å²) in [5.74, 6) is 0.513. The Balaban J connectivity index is 0.658. The fourth-order valence-corrected chi connectivity index (χ4v) is 12.1. The molecule has 4 amide bonds. The van der Waals surface area contributed by atoms with Crippen LogP contribution in [0, 0.1) is 40.7 Å². The van der Waals surface area contributed by atoms with Crippen LogP contribution in [-0.2, 0) is 36.9 Å². The number of likely N-dealkylation sites (tertiary alicyclic amines) is 3. The number of nitrogens with one attached hydrogen (secondary N) is 5. The molecule has 434 valence electrons. The highest BCUT2D eigenvalue weighted by molar-refractivity contribution is 5.89. The molecule has 2 aromatic carbocycles. The predicted molar refractivity (Wildman–Crippen MR) is 302 cm³/mol. The molecule has 0 unspecified atom stereocenters. The van der Waals surface area contributed by atoms with E-state index in [1.165, 1.54) is 18.5 Å². The van der Waals surface area contributed by atoms with Crippen molar-refractivity contribution in [2.24, 2.45) is 29.1 Å². The molecule has 5 atom stereocenters. The zero-order chi connectivity index (χ0) is 56.1. The van der Waals surface area contributed by atoms with Crippen molar-refractivity contribution in [2.75, 3.05) is 127 Å². The minimum atomic E-state index is -1.23. The van der Waals surface area contributed by atoms with Gasteiger partial charge >= 0.3 is 0 Å². The van der Waals surface area contributed by atoms with Crippen LogP contribution >= 0.6 is 0 Å². The van der Waals surface area contributed by atoms with Crippen LogP contribution in [0.25, 0.3) is 0 Å². The number of benzene rings is 2. The molecule has 5 saturated heterocycles. The number of carbonyl (C=O) groups is 4. The van der Waals surface area contributed by atoms with E-state index in [9.17, 15) is 24.3 Å². The van der Waals surface area contributed by atoms with Crippen LogP contribution < -0.4 is 36.4 Å². The third kappa shape index (κ3) is 17.2. The Morgan fingerprint density at radius 2 is 1.52 bits per heavy atom. The van der Waals surface area contributed by atoms with Gasteiger partial charge in [0.05, 0.1) is 31.0 Å². The quantitative estimate of drug-likeness (QED) is 0.0618. The number of aromatic nitrogens is 2. The van der Waals surface area contributed by atoms with E-state index in [0.29, 0.717) is 114 Å². The summed E-state index contributed by atoms with van der Waals surface area (Å²) < 4.78 is 37.1. The average Bonchev–Trinajstić information content (AvgIpc) is 4.10. The highest BCUT2D eigenvalue weighted by atomic mass is 19.1. The lowest BCUT2D eigenvalue weighted by Crippen LogP contribution is -2.66. The van der Waals surface area contributed by atoms with Gasteiger partial charge in [-0.2, -0.15) is 0 Å². The fraction of sp³-hybridized carbons (Fsp3) is 0.661. The van der Waals surface area contributed by atoms with Gasteiger partial charge in [0.1, 0.15) is 41.7 Å². The number of anilines is 3. The first kappa shape index (κ1) is 59.6. The number of amides is 4.